The van der Waals surface area contributed by atoms with Gasteiger partial charge in [0.2, 0.25) is 0 Å². The molecule has 132 valence electrons. The van der Waals surface area contributed by atoms with Gasteiger partial charge in [-0.1, -0.05) is 42.5 Å². The van der Waals surface area contributed by atoms with Crippen molar-refractivity contribution in [3.8, 4) is 0 Å². The van der Waals surface area contributed by atoms with Crippen molar-refractivity contribution in [1.82, 2.24) is 0 Å². The van der Waals surface area contributed by atoms with Crippen LogP contribution in [0, 0.1) is 0 Å². The summed E-state index contributed by atoms with van der Waals surface area (Å²) in [6.07, 6.45) is 5.47. The monoisotopic (exact) mass is 346 g/mol. The fourth-order valence-electron chi connectivity index (χ4n) is 2.85. The van der Waals surface area contributed by atoms with Crippen molar-refractivity contribution in [2.45, 2.75) is 18.3 Å². The normalized spacial score (nSPS) is 16.8. The molecule has 0 amide bonds. The summed E-state index contributed by atoms with van der Waals surface area (Å²) in [6, 6.07) is 13.1. The quantitative estimate of drug-likeness (QED) is 0.762. The predicted octanol–water partition coefficient (Wildman–Crippen LogP) is 4.87. The summed E-state index contributed by atoms with van der Waals surface area (Å²) in [6.45, 7) is 1.21. The number of halogens is 3. The highest BCUT2D eigenvalue weighted by Gasteiger charge is 2.53. The molecule has 0 spiro atoms. The SMILES string of the molecule is CCF.Nc1ccc(C2(c3ccc(N)cc3)C=CC=CC2(F)F)cc1. The van der Waals surface area contributed by atoms with E-state index in [2.05, 4.69) is 0 Å². The van der Waals surface area contributed by atoms with Crippen molar-refractivity contribution in [3.05, 3.63) is 84.0 Å². The van der Waals surface area contributed by atoms with Crippen LogP contribution < -0.4 is 11.5 Å². The van der Waals surface area contributed by atoms with Gasteiger partial charge >= 0.3 is 0 Å². The Labute approximate surface area is 145 Å². The van der Waals surface area contributed by atoms with E-state index in [1.807, 2.05) is 0 Å². The van der Waals surface area contributed by atoms with E-state index in [-0.39, 0.29) is 6.67 Å². The molecule has 4 N–H and O–H groups in total. The molecule has 3 rings (SSSR count). The first-order chi connectivity index (χ1) is 11.9. The second kappa shape index (κ2) is 7.47. The van der Waals surface area contributed by atoms with E-state index in [4.69, 9.17) is 11.5 Å². The van der Waals surface area contributed by atoms with Crippen LogP contribution in [0.3, 0.4) is 0 Å². The lowest BCUT2D eigenvalue weighted by atomic mass is 9.68. The molecule has 5 heteroatoms. The molecular weight excluding hydrogens is 325 g/mol. The molecule has 1 aliphatic rings. The lowest BCUT2D eigenvalue weighted by Gasteiger charge is -2.39. The third-order valence-corrected chi connectivity index (χ3v) is 4.02. The Kier molecular flexibility index (Phi) is 5.57. The van der Waals surface area contributed by atoms with Crippen molar-refractivity contribution in [1.29, 1.82) is 0 Å². The summed E-state index contributed by atoms with van der Waals surface area (Å²) in [5, 5.41) is 0. The van der Waals surface area contributed by atoms with E-state index in [9.17, 15) is 13.2 Å². The van der Waals surface area contributed by atoms with Crippen molar-refractivity contribution >= 4 is 11.4 Å². The second-order valence-corrected chi connectivity index (χ2v) is 5.66. The smallest absolute Gasteiger partial charge is 0.283 e. The number of rotatable bonds is 2. The average molecular weight is 346 g/mol. The third kappa shape index (κ3) is 3.55. The Hall–Kier alpha value is -2.69. The molecule has 0 unspecified atom stereocenters. The van der Waals surface area contributed by atoms with E-state index in [0.29, 0.717) is 22.5 Å². The van der Waals surface area contributed by atoms with Gasteiger partial charge in [0, 0.05) is 11.4 Å². The van der Waals surface area contributed by atoms with Crippen molar-refractivity contribution in [3.63, 3.8) is 0 Å². The zero-order valence-corrected chi connectivity index (χ0v) is 13.9. The van der Waals surface area contributed by atoms with Crippen LogP contribution in [0.2, 0.25) is 0 Å². The molecule has 25 heavy (non-hydrogen) atoms. The Balaban J connectivity index is 0.000000701. The van der Waals surface area contributed by atoms with Gasteiger partial charge in [-0.25, -0.2) is 8.78 Å². The number of anilines is 2. The lowest BCUT2D eigenvalue weighted by Crippen LogP contribution is -2.44. The zero-order valence-electron chi connectivity index (χ0n) is 13.9. The number of benzene rings is 2. The Morgan fingerprint density at radius 1 is 0.760 bits per heavy atom. The maximum atomic E-state index is 14.9. The van der Waals surface area contributed by atoms with Gasteiger partial charge in [0.05, 0.1) is 6.67 Å². The van der Waals surface area contributed by atoms with Gasteiger partial charge in [0.1, 0.15) is 5.41 Å². The Morgan fingerprint density at radius 2 is 1.12 bits per heavy atom. The number of hydrogen-bond donors (Lipinski definition) is 2. The van der Waals surface area contributed by atoms with Crippen molar-refractivity contribution in [2.24, 2.45) is 0 Å². The van der Waals surface area contributed by atoms with Crippen molar-refractivity contribution in [2.75, 3.05) is 18.1 Å². The minimum absolute atomic E-state index is 0.250. The van der Waals surface area contributed by atoms with Gasteiger partial charge in [-0.05, 0) is 48.4 Å². The first-order valence-electron chi connectivity index (χ1n) is 7.90. The lowest BCUT2D eigenvalue weighted by molar-refractivity contribution is 0.00441. The molecule has 0 bridgehead atoms. The van der Waals surface area contributed by atoms with E-state index in [1.165, 1.54) is 19.1 Å². The Bertz CT molecular complexity index is 702. The van der Waals surface area contributed by atoms with E-state index >= 15 is 0 Å². The van der Waals surface area contributed by atoms with Crippen molar-refractivity contribution < 1.29 is 13.2 Å². The molecule has 0 saturated carbocycles. The van der Waals surface area contributed by atoms with Gasteiger partial charge in [-0.15, -0.1) is 0 Å². The fraction of sp³-hybridized carbons (Fsp3) is 0.200. The van der Waals surface area contributed by atoms with E-state index < -0.39 is 11.3 Å². The number of allylic oxidation sites excluding steroid dienone is 4. The number of nitrogen functional groups attached to an aromatic ring is 2. The Morgan fingerprint density at radius 3 is 1.48 bits per heavy atom. The topological polar surface area (TPSA) is 52.0 Å². The fourth-order valence-corrected chi connectivity index (χ4v) is 2.85. The number of hydrogen-bond acceptors (Lipinski definition) is 2. The first-order valence-corrected chi connectivity index (χ1v) is 7.90. The molecule has 1 aliphatic carbocycles. The van der Waals surface area contributed by atoms with Crippen LogP contribution in [-0.4, -0.2) is 12.6 Å². The minimum atomic E-state index is -3.06. The summed E-state index contributed by atoms with van der Waals surface area (Å²) < 4.78 is 40.1. The first kappa shape index (κ1) is 18.6. The largest absolute Gasteiger partial charge is 0.399 e. The van der Waals surface area contributed by atoms with Crippen LogP contribution in [0.4, 0.5) is 24.5 Å². The van der Waals surface area contributed by atoms with Crippen LogP contribution in [0.1, 0.15) is 18.1 Å². The van der Waals surface area contributed by atoms with Gasteiger partial charge in [-0.2, -0.15) is 0 Å². The molecule has 0 radical (unpaired) electrons. The highest BCUT2D eigenvalue weighted by atomic mass is 19.3. The predicted molar refractivity (Wildman–Crippen MR) is 97.4 cm³/mol. The average Bonchev–Trinajstić information content (AvgIpc) is 2.57. The van der Waals surface area contributed by atoms with Crippen LogP contribution in [0.15, 0.2) is 72.8 Å². The van der Waals surface area contributed by atoms with Crippen LogP contribution in [0.5, 0.6) is 0 Å². The summed E-state index contributed by atoms with van der Waals surface area (Å²) in [5.41, 5.74) is 11.9. The molecule has 0 atom stereocenters. The summed E-state index contributed by atoms with van der Waals surface area (Å²) >= 11 is 0. The molecule has 0 heterocycles. The zero-order chi connectivity index (χ0) is 18.5. The third-order valence-electron chi connectivity index (χ3n) is 4.02. The van der Waals surface area contributed by atoms with Crippen LogP contribution >= 0.6 is 0 Å². The van der Waals surface area contributed by atoms with Gasteiger partial charge in [0.25, 0.3) is 5.92 Å². The van der Waals surface area contributed by atoms with Crippen LogP contribution in [0.25, 0.3) is 0 Å². The molecule has 2 aromatic rings. The molecule has 2 nitrogen and oxygen atoms in total. The number of alkyl halides is 3. The maximum absolute atomic E-state index is 14.9. The molecule has 0 aliphatic heterocycles. The van der Waals surface area contributed by atoms with Crippen LogP contribution in [-0.2, 0) is 5.41 Å². The van der Waals surface area contributed by atoms with E-state index in [1.54, 1.807) is 54.6 Å². The molecule has 0 fully saturated rings. The van der Waals surface area contributed by atoms with Gasteiger partial charge < -0.3 is 11.5 Å². The van der Waals surface area contributed by atoms with Gasteiger partial charge in [-0.3, -0.25) is 4.39 Å². The second-order valence-electron chi connectivity index (χ2n) is 5.66. The highest BCUT2D eigenvalue weighted by molar-refractivity contribution is 5.55. The summed E-state index contributed by atoms with van der Waals surface area (Å²) in [4.78, 5) is 0. The number of nitrogens with two attached hydrogens (primary N) is 2. The molecular formula is C20H21F3N2. The highest BCUT2D eigenvalue weighted by Crippen LogP contribution is 2.49. The molecule has 0 aromatic heterocycles. The van der Waals surface area contributed by atoms with Gasteiger partial charge in [0.15, 0.2) is 0 Å². The summed E-state index contributed by atoms with van der Waals surface area (Å²) in [5.74, 6) is -3.06. The summed E-state index contributed by atoms with van der Waals surface area (Å²) in [7, 11) is 0. The minimum Gasteiger partial charge on any atom is -0.399 e. The maximum Gasteiger partial charge on any atom is 0.283 e. The standard InChI is InChI=1S/C18H16F2N2.C2H5F/c19-18(20)12-2-1-11-17(18,13-3-7-15(21)8-4-13)14-5-9-16(22)10-6-14;1-2-3/h1-12H,21-22H2;2H2,1H3. The van der Waals surface area contributed by atoms with E-state index in [0.717, 1.165) is 6.08 Å². The molecule has 2 aromatic carbocycles. The molecule has 0 saturated heterocycles.